The lowest BCUT2D eigenvalue weighted by Crippen LogP contribution is -2.10. The SMILES string of the molecule is O=C1Nc2ccc(OS(=O)(=O)O)cc2Oc2ccccc21. The summed E-state index contributed by atoms with van der Waals surface area (Å²) < 4.78 is 40.0. The molecular weight excluding hydrogens is 298 g/mol. The first-order valence-corrected chi connectivity index (χ1v) is 7.18. The molecule has 2 aromatic rings. The number of amides is 1. The summed E-state index contributed by atoms with van der Waals surface area (Å²) in [6, 6.07) is 10.6. The molecule has 21 heavy (non-hydrogen) atoms. The van der Waals surface area contributed by atoms with Gasteiger partial charge in [-0.3, -0.25) is 9.35 Å². The average molecular weight is 307 g/mol. The minimum atomic E-state index is -4.63. The van der Waals surface area contributed by atoms with Gasteiger partial charge in [0.2, 0.25) is 0 Å². The lowest BCUT2D eigenvalue weighted by Gasteiger charge is -2.09. The van der Waals surface area contributed by atoms with Crippen LogP contribution in [0.4, 0.5) is 5.69 Å². The van der Waals surface area contributed by atoms with Crippen LogP contribution < -0.4 is 14.2 Å². The smallest absolute Gasteiger partial charge is 0.446 e. The first-order chi connectivity index (χ1) is 9.92. The van der Waals surface area contributed by atoms with Gasteiger partial charge < -0.3 is 14.2 Å². The van der Waals surface area contributed by atoms with Gasteiger partial charge in [-0.15, -0.1) is 0 Å². The number of ether oxygens (including phenoxy) is 1. The number of hydrogen-bond acceptors (Lipinski definition) is 5. The van der Waals surface area contributed by atoms with Crippen molar-refractivity contribution in [1.82, 2.24) is 0 Å². The van der Waals surface area contributed by atoms with Gasteiger partial charge in [-0.05, 0) is 24.3 Å². The van der Waals surface area contributed by atoms with Crippen LogP contribution in [-0.2, 0) is 10.4 Å². The van der Waals surface area contributed by atoms with E-state index in [1.807, 2.05) is 0 Å². The number of carbonyl (C=O) groups excluding carboxylic acids is 1. The summed E-state index contributed by atoms with van der Waals surface area (Å²) in [5, 5.41) is 2.64. The summed E-state index contributed by atoms with van der Waals surface area (Å²) in [5.41, 5.74) is 0.713. The zero-order valence-corrected chi connectivity index (χ0v) is 11.3. The third-order valence-corrected chi connectivity index (χ3v) is 3.16. The van der Waals surface area contributed by atoms with Gasteiger partial charge >= 0.3 is 10.4 Å². The summed E-state index contributed by atoms with van der Waals surface area (Å²) in [5.74, 6) is 0.0601. The van der Waals surface area contributed by atoms with Crippen LogP contribution >= 0.6 is 0 Å². The highest BCUT2D eigenvalue weighted by atomic mass is 32.3. The van der Waals surface area contributed by atoms with Gasteiger partial charge in [0.05, 0.1) is 11.3 Å². The summed E-state index contributed by atoms with van der Waals surface area (Å²) in [6.45, 7) is 0. The van der Waals surface area contributed by atoms with Gasteiger partial charge in [-0.2, -0.15) is 8.42 Å². The Kier molecular flexibility index (Phi) is 3.04. The zero-order valence-electron chi connectivity index (χ0n) is 10.4. The fourth-order valence-electron chi connectivity index (χ4n) is 1.92. The number of benzene rings is 2. The van der Waals surface area contributed by atoms with E-state index >= 15 is 0 Å². The molecule has 0 unspecified atom stereocenters. The lowest BCUT2D eigenvalue weighted by atomic mass is 10.2. The molecule has 0 saturated carbocycles. The van der Waals surface area contributed by atoms with E-state index in [0.717, 1.165) is 0 Å². The number of hydrogen-bond donors (Lipinski definition) is 2. The van der Waals surface area contributed by atoms with E-state index in [9.17, 15) is 13.2 Å². The Morgan fingerprint density at radius 3 is 2.62 bits per heavy atom. The van der Waals surface area contributed by atoms with E-state index in [1.54, 1.807) is 24.3 Å². The third kappa shape index (κ3) is 2.81. The molecular formula is C13H9NO6S. The van der Waals surface area contributed by atoms with Gasteiger partial charge in [-0.1, -0.05) is 12.1 Å². The molecule has 1 amide bonds. The van der Waals surface area contributed by atoms with Crippen molar-refractivity contribution >= 4 is 22.0 Å². The molecule has 0 saturated heterocycles. The Morgan fingerprint density at radius 1 is 1.10 bits per heavy atom. The van der Waals surface area contributed by atoms with Crippen LogP contribution in [0.15, 0.2) is 42.5 Å². The zero-order chi connectivity index (χ0) is 15.0. The van der Waals surface area contributed by atoms with E-state index in [-0.39, 0.29) is 17.4 Å². The Morgan fingerprint density at radius 2 is 1.86 bits per heavy atom. The fourth-order valence-corrected chi connectivity index (χ4v) is 2.26. The second-order valence-corrected chi connectivity index (χ2v) is 5.24. The monoisotopic (exact) mass is 307 g/mol. The van der Waals surface area contributed by atoms with E-state index in [2.05, 4.69) is 9.50 Å². The minimum absolute atomic E-state index is 0.134. The molecule has 0 atom stereocenters. The molecule has 2 N–H and O–H groups in total. The normalized spacial score (nSPS) is 13.3. The number of rotatable bonds is 2. The van der Waals surface area contributed by atoms with Crippen molar-refractivity contribution in [2.75, 3.05) is 5.32 Å². The van der Waals surface area contributed by atoms with E-state index in [4.69, 9.17) is 9.29 Å². The molecule has 0 bridgehead atoms. The molecule has 1 heterocycles. The van der Waals surface area contributed by atoms with Crippen molar-refractivity contribution in [3.63, 3.8) is 0 Å². The van der Waals surface area contributed by atoms with E-state index in [1.165, 1.54) is 18.2 Å². The standard InChI is InChI=1S/C13H9NO6S/c15-13-9-3-1-2-4-11(9)19-12-7-8(20-21(16,17)18)5-6-10(12)14-13/h1-7H,(H,14,15)(H,16,17,18). The van der Waals surface area contributed by atoms with Crippen LogP contribution in [0.1, 0.15) is 10.4 Å². The maximum Gasteiger partial charge on any atom is 0.446 e. The second kappa shape index (κ2) is 4.76. The Labute approximate surface area is 120 Å². The highest BCUT2D eigenvalue weighted by Gasteiger charge is 2.21. The molecule has 7 nitrogen and oxygen atoms in total. The molecule has 2 aromatic carbocycles. The van der Waals surface area contributed by atoms with Gasteiger partial charge in [0, 0.05) is 6.07 Å². The molecule has 0 spiro atoms. The number of fused-ring (bicyclic) bond motifs is 2. The molecule has 108 valence electrons. The highest BCUT2D eigenvalue weighted by Crippen LogP contribution is 2.37. The van der Waals surface area contributed by atoms with Gasteiger partial charge in [0.1, 0.15) is 11.5 Å². The molecule has 0 aliphatic carbocycles. The van der Waals surface area contributed by atoms with Crippen molar-refractivity contribution in [2.45, 2.75) is 0 Å². The third-order valence-electron chi connectivity index (χ3n) is 2.75. The first kappa shape index (κ1) is 13.4. The molecule has 0 aromatic heterocycles. The Bertz CT molecular complexity index is 830. The largest absolute Gasteiger partial charge is 0.454 e. The van der Waals surface area contributed by atoms with Crippen molar-refractivity contribution in [3.8, 4) is 17.2 Å². The van der Waals surface area contributed by atoms with E-state index < -0.39 is 10.4 Å². The summed E-state index contributed by atoms with van der Waals surface area (Å²) in [4.78, 5) is 12.0. The summed E-state index contributed by atoms with van der Waals surface area (Å²) >= 11 is 0. The van der Waals surface area contributed by atoms with Crippen molar-refractivity contribution in [1.29, 1.82) is 0 Å². The predicted molar refractivity (Wildman–Crippen MR) is 73.1 cm³/mol. The maximum atomic E-state index is 12.0. The first-order valence-electron chi connectivity index (χ1n) is 5.81. The van der Waals surface area contributed by atoms with Gasteiger partial charge in [0.15, 0.2) is 5.75 Å². The second-order valence-electron chi connectivity index (χ2n) is 4.22. The van der Waals surface area contributed by atoms with E-state index in [0.29, 0.717) is 17.0 Å². The number of para-hydroxylation sites is 1. The summed E-state index contributed by atoms with van der Waals surface area (Å²) in [7, 11) is -4.63. The molecule has 1 aliphatic rings. The fraction of sp³-hybridized carbons (Fsp3) is 0. The topological polar surface area (TPSA) is 102 Å². The van der Waals surface area contributed by atoms with Crippen LogP contribution in [0.2, 0.25) is 0 Å². The van der Waals surface area contributed by atoms with Crippen LogP contribution in [0.5, 0.6) is 17.2 Å². The predicted octanol–water partition coefficient (Wildman–Crippen LogP) is 2.23. The number of carbonyl (C=O) groups is 1. The maximum absolute atomic E-state index is 12.0. The van der Waals surface area contributed by atoms with Crippen LogP contribution in [0.3, 0.4) is 0 Å². The van der Waals surface area contributed by atoms with Gasteiger partial charge in [0.25, 0.3) is 5.91 Å². The summed E-state index contributed by atoms with van der Waals surface area (Å²) in [6.07, 6.45) is 0. The van der Waals surface area contributed by atoms with Gasteiger partial charge in [-0.25, -0.2) is 0 Å². The number of nitrogens with one attached hydrogen (secondary N) is 1. The Hall–Kier alpha value is -2.58. The average Bonchev–Trinajstić information content (AvgIpc) is 2.53. The Balaban J connectivity index is 2.05. The van der Waals surface area contributed by atoms with Crippen LogP contribution in [0, 0.1) is 0 Å². The lowest BCUT2D eigenvalue weighted by molar-refractivity contribution is 0.102. The van der Waals surface area contributed by atoms with Crippen molar-refractivity contribution in [3.05, 3.63) is 48.0 Å². The minimum Gasteiger partial charge on any atom is -0.454 e. The van der Waals surface area contributed by atoms with Crippen LogP contribution in [0.25, 0.3) is 0 Å². The van der Waals surface area contributed by atoms with Crippen LogP contribution in [-0.4, -0.2) is 18.9 Å². The van der Waals surface area contributed by atoms with Crippen molar-refractivity contribution < 1.29 is 26.7 Å². The molecule has 1 aliphatic heterocycles. The molecule has 3 rings (SSSR count). The number of anilines is 1. The highest BCUT2D eigenvalue weighted by molar-refractivity contribution is 7.81. The molecule has 0 fully saturated rings. The molecule has 8 heteroatoms. The quantitative estimate of drug-likeness (QED) is 0.825. The molecule has 0 radical (unpaired) electrons. The van der Waals surface area contributed by atoms with Crippen molar-refractivity contribution in [2.24, 2.45) is 0 Å².